The van der Waals surface area contributed by atoms with Gasteiger partial charge in [-0.05, 0) is 47.2 Å². The van der Waals surface area contributed by atoms with Crippen molar-refractivity contribution in [1.29, 1.82) is 0 Å². The van der Waals surface area contributed by atoms with Crippen molar-refractivity contribution in [1.82, 2.24) is 0 Å². The molecule has 0 saturated carbocycles. The monoisotopic (exact) mass is 371 g/mol. The van der Waals surface area contributed by atoms with E-state index in [0.29, 0.717) is 11.5 Å². The molecule has 1 heterocycles. The maximum atomic E-state index is 11.6. The van der Waals surface area contributed by atoms with Crippen molar-refractivity contribution in [3.8, 4) is 11.1 Å². The number of nitro groups is 1. The van der Waals surface area contributed by atoms with Crippen LogP contribution in [-0.2, 0) is 6.42 Å². The third-order valence-electron chi connectivity index (χ3n) is 5.33. The number of hydrogen-bond acceptors (Lipinski definition) is 3. The molecule has 0 radical (unpaired) electrons. The first-order chi connectivity index (χ1) is 13.1. The number of rotatable bonds is 2. The summed E-state index contributed by atoms with van der Waals surface area (Å²) in [6.45, 7) is 2.19. The van der Waals surface area contributed by atoms with Gasteiger partial charge in [-0.2, -0.15) is 0 Å². The van der Waals surface area contributed by atoms with Crippen LogP contribution < -0.4 is 0 Å². The van der Waals surface area contributed by atoms with Crippen molar-refractivity contribution in [2.75, 3.05) is 0 Å². The van der Waals surface area contributed by atoms with Crippen LogP contribution in [-0.4, -0.2) is 4.92 Å². The number of allylic oxidation sites excluding steroid dienone is 1. The largest absolute Gasteiger partial charge is 0.277 e. The van der Waals surface area contributed by atoms with Crippen LogP contribution in [0.4, 0.5) is 5.69 Å². The normalized spacial score (nSPS) is 16.0. The van der Waals surface area contributed by atoms with Crippen LogP contribution >= 0.6 is 11.3 Å². The third kappa shape index (κ3) is 2.48. The molecule has 0 N–H and O–H groups in total. The van der Waals surface area contributed by atoms with Crippen LogP contribution in [0.3, 0.4) is 0 Å². The standard InChI is InChI=1S/C23H17NO2S/c1-14-10-11-16-18(12-14)19(15-6-2-4-8-20(15)24(25)26)13-22-23(16)17-7-3-5-9-21(17)27-22/h2-11,13-14H,12H2,1H3. The number of hydrogen-bond donors (Lipinski definition) is 0. The molecule has 5 rings (SSSR count). The van der Waals surface area contributed by atoms with Gasteiger partial charge in [0.25, 0.3) is 5.69 Å². The van der Waals surface area contributed by atoms with E-state index in [-0.39, 0.29) is 10.6 Å². The van der Waals surface area contributed by atoms with E-state index in [1.807, 2.05) is 12.1 Å². The molecule has 3 nitrogen and oxygen atoms in total. The van der Waals surface area contributed by atoms with Gasteiger partial charge in [-0.1, -0.05) is 49.4 Å². The summed E-state index contributed by atoms with van der Waals surface area (Å²) < 4.78 is 2.43. The highest BCUT2D eigenvalue weighted by atomic mass is 32.1. The molecule has 27 heavy (non-hydrogen) atoms. The van der Waals surface area contributed by atoms with Gasteiger partial charge in [-0.25, -0.2) is 0 Å². The Morgan fingerprint density at radius 1 is 1.04 bits per heavy atom. The molecule has 1 aromatic heterocycles. The SMILES string of the molecule is CC1C=Cc2c(c(-c3ccccc3[N+](=O)[O-])cc3sc4ccccc4c23)C1. The smallest absolute Gasteiger partial charge is 0.258 e. The Hall–Kier alpha value is -2.98. The highest BCUT2D eigenvalue weighted by Crippen LogP contribution is 2.45. The van der Waals surface area contributed by atoms with Gasteiger partial charge in [0, 0.05) is 26.2 Å². The van der Waals surface area contributed by atoms with E-state index in [1.54, 1.807) is 23.5 Å². The fourth-order valence-corrected chi connectivity index (χ4v) is 5.28. The summed E-state index contributed by atoms with van der Waals surface area (Å²) in [5.41, 5.74) is 4.31. The van der Waals surface area contributed by atoms with E-state index >= 15 is 0 Å². The second-order valence-corrected chi connectivity index (χ2v) is 8.19. The summed E-state index contributed by atoms with van der Waals surface area (Å²) in [5.74, 6) is 0.418. The van der Waals surface area contributed by atoms with Crippen molar-refractivity contribution >= 4 is 43.3 Å². The van der Waals surface area contributed by atoms with Crippen molar-refractivity contribution in [3.63, 3.8) is 0 Å². The van der Waals surface area contributed by atoms with E-state index in [4.69, 9.17) is 0 Å². The molecule has 0 aliphatic heterocycles. The van der Waals surface area contributed by atoms with Crippen LogP contribution in [0, 0.1) is 16.0 Å². The lowest BCUT2D eigenvalue weighted by atomic mass is 9.83. The Bertz CT molecular complexity index is 1250. The van der Waals surface area contributed by atoms with E-state index in [0.717, 1.165) is 12.0 Å². The molecule has 3 aromatic carbocycles. The van der Waals surface area contributed by atoms with E-state index in [2.05, 4.69) is 49.4 Å². The number of thiophene rings is 1. The quantitative estimate of drug-likeness (QED) is 0.286. The Labute approximate surface area is 160 Å². The van der Waals surface area contributed by atoms with Gasteiger partial charge in [-0.15, -0.1) is 11.3 Å². The molecular weight excluding hydrogens is 354 g/mol. The number of nitrogens with zero attached hydrogens (tertiary/aromatic N) is 1. The molecule has 4 heteroatoms. The summed E-state index contributed by atoms with van der Waals surface area (Å²) in [4.78, 5) is 11.3. The second-order valence-electron chi connectivity index (χ2n) is 7.10. The minimum Gasteiger partial charge on any atom is -0.258 e. The Balaban J connectivity index is 1.92. The summed E-state index contributed by atoms with van der Waals surface area (Å²) in [6.07, 6.45) is 5.36. The van der Waals surface area contributed by atoms with Gasteiger partial charge >= 0.3 is 0 Å². The molecule has 1 aliphatic carbocycles. The first-order valence-electron chi connectivity index (χ1n) is 9.02. The van der Waals surface area contributed by atoms with Gasteiger partial charge in [0.2, 0.25) is 0 Å². The minimum atomic E-state index is -0.279. The maximum Gasteiger partial charge on any atom is 0.277 e. The summed E-state index contributed by atoms with van der Waals surface area (Å²) in [5, 5.41) is 14.2. The topological polar surface area (TPSA) is 43.1 Å². The van der Waals surface area contributed by atoms with Crippen LogP contribution in [0.2, 0.25) is 0 Å². The molecule has 132 valence electrons. The van der Waals surface area contributed by atoms with Gasteiger partial charge < -0.3 is 0 Å². The third-order valence-corrected chi connectivity index (χ3v) is 6.44. The minimum absolute atomic E-state index is 0.169. The van der Waals surface area contributed by atoms with Crippen molar-refractivity contribution < 1.29 is 4.92 Å². The Kier molecular flexibility index (Phi) is 3.62. The van der Waals surface area contributed by atoms with Gasteiger partial charge in [-0.3, -0.25) is 10.1 Å². The predicted molar refractivity (Wildman–Crippen MR) is 113 cm³/mol. The molecule has 1 unspecified atom stereocenters. The average Bonchev–Trinajstić information content (AvgIpc) is 3.05. The number of nitro benzene ring substituents is 1. The molecule has 0 amide bonds. The zero-order chi connectivity index (χ0) is 18.5. The zero-order valence-corrected chi connectivity index (χ0v) is 15.6. The van der Waals surface area contributed by atoms with Gasteiger partial charge in [0.05, 0.1) is 10.5 Å². The van der Waals surface area contributed by atoms with Gasteiger partial charge in [0.1, 0.15) is 0 Å². The molecular formula is C23H17NO2S. The molecule has 0 fully saturated rings. The Morgan fingerprint density at radius 2 is 1.81 bits per heavy atom. The van der Waals surface area contributed by atoms with Gasteiger partial charge in [0.15, 0.2) is 0 Å². The van der Waals surface area contributed by atoms with E-state index in [1.165, 1.54) is 31.3 Å². The first kappa shape index (κ1) is 16.2. The fourth-order valence-electron chi connectivity index (χ4n) is 4.11. The maximum absolute atomic E-state index is 11.6. The van der Waals surface area contributed by atoms with E-state index in [9.17, 15) is 10.1 Å². The lowest BCUT2D eigenvalue weighted by Crippen LogP contribution is -2.06. The van der Waals surface area contributed by atoms with Crippen LogP contribution in [0.15, 0.2) is 60.7 Å². The lowest BCUT2D eigenvalue weighted by molar-refractivity contribution is -0.384. The predicted octanol–water partition coefficient (Wildman–Crippen LogP) is 6.84. The van der Waals surface area contributed by atoms with Crippen molar-refractivity contribution in [3.05, 3.63) is 81.9 Å². The molecule has 1 atom stereocenters. The van der Waals surface area contributed by atoms with Crippen LogP contribution in [0.1, 0.15) is 18.1 Å². The van der Waals surface area contributed by atoms with Crippen molar-refractivity contribution in [2.45, 2.75) is 13.3 Å². The molecule has 0 spiro atoms. The molecule has 0 bridgehead atoms. The molecule has 0 saturated heterocycles. The summed E-state index contributed by atoms with van der Waals surface area (Å²) >= 11 is 1.75. The second kappa shape index (κ2) is 6.03. The van der Waals surface area contributed by atoms with Crippen molar-refractivity contribution in [2.24, 2.45) is 5.92 Å². The molecule has 1 aliphatic rings. The number of benzene rings is 3. The number of fused-ring (bicyclic) bond motifs is 5. The highest BCUT2D eigenvalue weighted by Gasteiger charge is 2.24. The fraction of sp³-hybridized carbons (Fsp3) is 0.130. The van der Waals surface area contributed by atoms with E-state index < -0.39 is 0 Å². The Morgan fingerprint density at radius 3 is 2.67 bits per heavy atom. The number of para-hydroxylation sites is 1. The highest BCUT2D eigenvalue weighted by molar-refractivity contribution is 7.25. The zero-order valence-electron chi connectivity index (χ0n) is 14.8. The van der Waals surface area contributed by atoms with Crippen LogP contribution in [0.25, 0.3) is 37.4 Å². The first-order valence-corrected chi connectivity index (χ1v) is 9.84. The summed E-state index contributed by atoms with van der Waals surface area (Å²) in [7, 11) is 0. The molecule has 4 aromatic rings. The summed E-state index contributed by atoms with van der Waals surface area (Å²) in [6, 6.07) is 17.7. The lowest BCUT2D eigenvalue weighted by Gasteiger charge is -2.21. The van der Waals surface area contributed by atoms with Crippen LogP contribution in [0.5, 0.6) is 0 Å². The average molecular weight is 371 g/mol.